The normalized spacial score (nSPS) is 18.0. The Balaban J connectivity index is 2.47. The maximum atomic E-state index is 4.19. The predicted octanol–water partition coefficient (Wildman–Crippen LogP) is 1.25. The van der Waals surface area contributed by atoms with Crippen LogP contribution in [0, 0.1) is 0 Å². The largest absolute Gasteiger partial charge is 0.357 e. The molecule has 2 heteroatoms. The first-order valence-electron chi connectivity index (χ1n) is 3.16. The highest BCUT2D eigenvalue weighted by Crippen LogP contribution is 2.06. The highest BCUT2D eigenvalue weighted by atomic mass is 15.3. The van der Waals surface area contributed by atoms with E-state index in [1.807, 2.05) is 13.8 Å². The average Bonchev–Trinajstić information content (AvgIpc) is 2.40. The minimum absolute atomic E-state index is 0.888. The summed E-state index contributed by atoms with van der Waals surface area (Å²) in [6.07, 6.45) is 0. The Bertz CT molecular complexity index is 154. The molecule has 0 bridgehead atoms. The average molecular weight is 124 g/mol. The van der Waals surface area contributed by atoms with E-state index < -0.39 is 0 Å². The quantitative estimate of drug-likeness (QED) is 0.292. The third kappa shape index (κ3) is 1.88. The van der Waals surface area contributed by atoms with E-state index in [-0.39, 0.29) is 0 Å². The summed E-state index contributed by atoms with van der Waals surface area (Å²) in [6.45, 7) is 9.95. The number of nitrogens with zero attached hydrogens (tertiary/aromatic N) is 2. The molecule has 50 valence electrons. The number of allylic oxidation sites excluding steroid dienone is 1. The van der Waals surface area contributed by atoms with Crippen molar-refractivity contribution in [2.24, 2.45) is 4.99 Å². The molecule has 0 aliphatic carbocycles. The van der Waals surface area contributed by atoms with Crippen LogP contribution >= 0.6 is 0 Å². The van der Waals surface area contributed by atoms with Crippen LogP contribution < -0.4 is 0 Å². The van der Waals surface area contributed by atoms with E-state index in [9.17, 15) is 0 Å². The second kappa shape index (κ2) is 2.21. The first-order valence-corrected chi connectivity index (χ1v) is 3.16. The fourth-order valence-electron chi connectivity index (χ4n) is 0.721. The minimum atomic E-state index is 0.888. The summed E-state index contributed by atoms with van der Waals surface area (Å²) in [5.74, 6) is 1.10. The van der Waals surface area contributed by atoms with Crippen molar-refractivity contribution >= 4 is 5.84 Å². The van der Waals surface area contributed by atoms with Crippen molar-refractivity contribution in [1.82, 2.24) is 4.90 Å². The van der Waals surface area contributed by atoms with Gasteiger partial charge in [-0.25, -0.2) is 4.99 Å². The minimum Gasteiger partial charge on any atom is -0.357 e. The van der Waals surface area contributed by atoms with Gasteiger partial charge < -0.3 is 4.90 Å². The van der Waals surface area contributed by atoms with Crippen molar-refractivity contribution < 1.29 is 0 Å². The van der Waals surface area contributed by atoms with Crippen molar-refractivity contribution in [3.63, 3.8) is 0 Å². The van der Waals surface area contributed by atoms with E-state index in [1.165, 1.54) is 13.1 Å². The van der Waals surface area contributed by atoms with Gasteiger partial charge in [-0.05, 0) is 13.8 Å². The number of aliphatic imine (C=N–C) groups is 1. The first kappa shape index (κ1) is 6.33. The molecule has 2 nitrogen and oxygen atoms in total. The molecule has 0 unspecified atom stereocenters. The molecule has 1 fully saturated rings. The molecule has 1 aliphatic rings. The van der Waals surface area contributed by atoms with Crippen LogP contribution in [0.5, 0.6) is 0 Å². The molecule has 0 amide bonds. The fraction of sp³-hybridized carbons (Fsp3) is 0.571. The smallest absolute Gasteiger partial charge is 0.101 e. The SMILES string of the molecule is C=C(C)N=C(C)N1CC1. The second-order valence-electron chi connectivity index (χ2n) is 2.38. The van der Waals surface area contributed by atoms with Crippen LogP contribution in [-0.2, 0) is 0 Å². The van der Waals surface area contributed by atoms with Crippen LogP contribution in [0.3, 0.4) is 0 Å². The maximum absolute atomic E-state index is 4.19. The van der Waals surface area contributed by atoms with Crippen LogP contribution in [0.15, 0.2) is 17.3 Å². The monoisotopic (exact) mass is 124 g/mol. The van der Waals surface area contributed by atoms with E-state index in [2.05, 4.69) is 16.5 Å². The van der Waals surface area contributed by atoms with Crippen molar-refractivity contribution in [2.75, 3.05) is 13.1 Å². The molecule has 1 aliphatic heterocycles. The Kier molecular flexibility index (Phi) is 1.56. The molecule has 1 saturated heterocycles. The van der Waals surface area contributed by atoms with Gasteiger partial charge in [-0.2, -0.15) is 0 Å². The van der Waals surface area contributed by atoms with E-state index in [1.54, 1.807) is 0 Å². The molecule has 0 saturated carbocycles. The lowest BCUT2D eigenvalue weighted by Crippen LogP contribution is -2.04. The van der Waals surface area contributed by atoms with E-state index in [0.29, 0.717) is 0 Å². The number of rotatable bonds is 1. The van der Waals surface area contributed by atoms with Gasteiger partial charge in [-0.15, -0.1) is 0 Å². The van der Waals surface area contributed by atoms with Gasteiger partial charge in [0.2, 0.25) is 0 Å². The lowest BCUT2D eigenvalue weighted by molar-refractivity contribution is 0.833. The zero-order valence-corrected chi connectivity index (χ0v) is 6.02. The van der Waals surface area contributed by atoms with Gasteiger partial charge in [0.25, 0.3) is 0 Å². The van der Waals surface area contributed by atoms with Crippen molar-refractivity contribution in [2.45, 2.75) is 13.8 Å². The Hall–Kier alpha value is -0.790. The second-order valence-corrected chi connectivity index (χ2v) is 2.38. The van der Waals surface area contributed by atoms with Gasteiger partial charge in [0.05, 0.1) is 0 Å². The van der Waals surface area contributed by atoms with Crippen LogP contribution in [0.2, 0.25) is 0 Å². The maximum Gasteiger partial charge on any atom is 0.101 e. The fourth-order valence-corrected chi connectivity index (χ4v) is 0.721. The van der Waals surface area contributed by atoms with Gasteiger partial charge in [0.15, 0.2) is 0 Å². The van der Waals surface area contributed by atoms with Crippen LogP contribution in [0.25, 0.3) is 0 Å². The summed E-state index contributed by atoms with van der Waals surface area (Å²) in [5, 5.41) is 0. The van der Waals surface area contributed by atoms with Crippen LogP contribution in [0.4, 0.5) is 0 Å². The van der Waals surface area contributed by atoms with Gasteiger partial charge in [-0.3, -0.25) is 0 Å². The Morgan fingerprint density at radius 3 is 2.33 bits per heavy atom. The summed E-state index contributed by atoms with van der Waals surface area (Å²) in [4.78, 5) is 6.39. The zero-order chi connectivity index (χ0) is 6.85. The van der Waals surface area contributed by atoms with Gasteiger partial charge in [0.1, 0.15) is 5.84 Å². The van der Waals surface area contributed by atoms with Gasteiger partial charge in [-0.1, -0.05) is 6.58 Å². The molecule has 0 radical (unpaired) electrons. The van der Waals surface area contributed by atoms with Crippen LogP contribution in [0.1, 0.15) is 13.8 Å². The summed E-state index contributed by atoms with van der Waals surface area (Å²) in [5.41, 5.74) is 0.888. The molecule has 9 heavy (non-hydrogen) atoms. The predicted molar refractivity (Wildman–Crippen MR) is 39.5 cm³/mol. The molecule has 1 rings (SSSR count). The molecule has 1 heterocycles. The van der Waals surface area contributed by atoms with E-state index >= 15 is 0 Å². The molecule has 0 aromatic rings. The van der Waals surface area contributed by atoms with Crippen molar-refractivity contribution in [3.8, 4) is 0 Å². The molecule has 0 aromatic carbocycles. The van der Waals surface area contributed by atoms with Crippen molar-refractivity contribution in [3.05, 3.63) is 12.3 Å². The molecular weight excluding hydrogens is 112 g/mol. The molecule has 0 aromatic heterocycles. The van der Waals surface area contributed by atoms with E-state index in [4.69, 9.17) is 0 Å². The Morgan fingerprint density at radius 1 is 1.44 bits per heavy atom. The molecular formula is C7H12N2. The van der Waals surface area contributed by atoms with E-state index in [0.717, 1.165) is 11.5 Å². The van der Waals surface area contributed by atoms with Crippen LogP contribution in [-0.4, -0.2) is 23.8 Å². The Morgan fingerprint density at radius 2 is 2.00 bits per heavy atom. The molecule has 0 N–H and O–H groups in total. The highest BCUT2D eigenvalue weighted by Gasteiger charge is 2.17. The standard InChI is InChI=1S/C7H12N2/c1-6(2)8-7(3)9-4-5-9/h1,4-5H2,2-3H3. The lowest BCUT2D eigenvalue weighted by atomic mass is 10.5. The molecule has 0 spiro atoms. The van der Waals surface area contributed by atoms with Crippen molar-refractivity contribution in [1.29, 1.82) is 0 Å². The summed E-state index contributed by atoms with van der Waals surface area (Å²) in [6, 6.07) is 0. The Labute approximate surface area is 55.9 Å². The first-order chi connectivity index (χ1) is 4.20. The molecule has 0 atom stereocenters. The lowest BCUT2D eigenvalue weighted by Gasteiger charge is -1.98. The third-order valence-electron chi connectivity index (χ3n) is 1.26. The number of hydrogen-bond acceptors (Lipinski definition) is 1. The zero-order valence-electron chi connectivity index (χ0n) is 6.02. The highest BCUT2D eigenvalue weighted by molar-refractivity contribution is 5.82. The topological polar surface area (TPSA) is 15.4 Å². The van der Waals surface area contributed by atoms with Gasteiger partial charge >= 0.3 is 0 Å². The number of amidine groups is 1. The summed E-state index contributed by atoms with van der Waals surface area (Å²) in [7, 11) is 0. The van der Waals surface area contributed by atoms with Gasteiger partial charge in [0, 0.05) is 18.8 Å². The summed E-state index contributed by atoms with van der Waals surface area (Å²) >= 11 is 0. The third-order valence-corrected chi connectivity index (χ3v) is 1.26. The summed E-state index contributed by atoms with van der Waals surface area (Å²) < 4.78 is 0. The number of hydrogen-bond donors (Lipinski definition) is 0.